The van der Waals surface area contributed by atoms with Crippen molar-refractivity contribution in [2.24, 2.45) is 17.3 Å². The Bertz CT molecular complexity index is 199. The molecule has 2 fully saturated rings. The van der Waals surface area contributed by atoms with Crippen LogP contribution in [-0.4, -0.2) is 0 Å². The standard InChI is InChI=1S/C10H15N/c1-8-3-2-6-10(8,7-11)9-4-5-9/h8-9H,2-6H2,1H3. The molecule has 0 aliphatic heterocycles. The summed E-state index contributed by atoms with van der Waals surface area (Å²) in [6, 6.07) is 2.59. The molecule has 0 amide bonds. The van der Waals surface area contributed by atoms with E-state index in [9.17, 15) is 0 Å². The largest absolute Gasteiger partial charge is 0.198 e. The summed E-state index contributed by atoms with van der Waals surface area (Å²) in [6.07, 6.45) is 6.38. The smallest absolute Gasteiger partial charge is 0.0695 e. The van der Waals surface area contributed by atoms with Crippen LogP contribution in [0.1, 0.15) is 39.0 Å². The van der Waals surface area contributed by atoms with Crippen molar-refractivity contribution in [1.29, 1.82) is 5.26 Å². The van der Waals surface area contributed by atoms with E-state index in [4.69, 9.17) is 5.26 Å². The molecule has 2 atom stereocenters. The molecule has 0 radical (unpaired) electrons. The molecule has 0 saturated heterocycles. The van der Waals surface area contributed by atoms with Crippen molar-refractivity contribution in [3.8, 4) is 6.07 Å². The molecular formula is C10H15N. The molecule has 0 heterocycles. The maximum Gasteiger partial charge on any atom is 0.0695 e. The summed E-state index contributed by atoms with van der Waals surface area (Å²) < 4.78 is 0. The van der Waals surface area contributed by atoms with Crippen molar-refractivity contribution in [2.45, 2.75) is 39.0 Å². The minimum Gasteiger partial charge on any atom is -0.198 e. The highest BCUT2D eigenvalue weighted by molar-refractivity contribution is 5.12. The van der Waals surface area contributed by atoms with E-state index in [1.807, 2.05) is 0 Å². The van der Waals surface area contributed by atoms with Crippen LogP contribution in [-0.2, 0) is 0 Å². The zero-order chi connectivity index (χ0) is 7.90. The van der Waals surface area contributed by atoms with E-state index in [2.05, 4.69) is 13.0 Å². The zero-order valence-electron chi connectivity index (χ0n) is 7.14. The van der Waals surface area contributed by atoms with E-state index in [1.165, 1.54) is 32.1 Å². The van der Waals surface area contributed by atoms with Crippen LogP contribution in [0.2, 0.25) is 0 Å². The third kappa shape index (κ3) is 0.888. The second-order valence-electron chi connectivity index (χ2n) is 4.22. The molecule has 2 aliphatic carbocycles. The Balaban J connectivity index is 2.21. The van der Waals surface area contributed by atoms with Crippen LogP contribution in [0.25, 0.3) is 0 Å². The van der Waals surface area contributed by atoms with Crippen molar-refractivity contribution >= 4 is 0 Å². The molecule has 2 unspecified atom stereocenters. The Morgan fingerprint density at radius 1 is 1.36 bits per heavy atom. The molecular weight excluding hydrogens is 134 g/mol. The Kier molecular flexibility index (Phi) is 1.45. The van der Waals surface area contributed by atoms with Crippen LogP contribution < -0.4 is 0 Å². The predicted molar refractivity (Wildman–Crippen MR) is 43.8 cm³/mol. The lowest BCUT2D eigenvalue weighted by Gasteiger charge is -2.25. The van der Waals surface area contributed by atoms with Crippen molar-refractivity contribution < 1.29 is 0 Å². The second kappa shape index (κ2) is 2.24. The molecule has 60 valence electrons. The lowest BCUT2D eigenvalue weighted by Crippen LogP contribution is -2.23. The topological polar surface area (TPSA) is 23.8 Å². The van der Waals surface area contributed by atoms with Gasteiger partial charge >= 0.3 is 0 Å². The Morgan fingerprint density at radius 2 is 2.09 bits per heavy atom. The molecule has 2 saturated carbocycles. The summed E-state index contributed by atoms with van der Waals surface area (Å²) in [5.41, 5.74) is 0.111. The highest BCUT2D eigenvalue weighted by Crippen LogP contribution is 2.57. The van der Waals surface area contributed by atoms with Gasteiger partial charge in [-0.2, -0.15) is 5.26 Å². The van der Waals surface area contributed by atoms with E-state index in [1.54, 1.807) is 0 Å². The SMILES string of the molecule is CC1CCCC1(C#N)C1CC1. The third-order valence-corrected chi connectivity index (χ3v) is 3.62. The number of nitriles is 1. The quantitative estimate of drug-likeness (QED) is 0.562. The van der Waals surface area contributed by atoms with Crippen LogP contribution in [0.3, 0.4) is 0 Å². The van der Waals surface area contributed by atoms with Crippen molar-refractivity contribution in [1.82, 2.24) is 0 Å². The molecule has 0 bridgehead atoms. The van der Waals surface area contributed by atoms with Gasteiger partial charge in [0.05, 0.1) is 11.5 Å². The molecule has 2 rings (SSSR count). The minimum absolute atomic E-state index is 0.111. The first-order valence-electron chi connectivity index (χ1n) is 4.71. The molecule has 0 N–H and O–H groups in total. The maximum absolute atomic E-state index is 9.15. The van der Waals surface area contributed by atoms with Gasteiger partial charge in [0, 0.05) is 0 Å². The number of hydrogen-bond acceptors (Lipinski definition) is 1. The van der Waals surface area contributed by atoms with E-state index in [0.717, 1.165) is 5.92 Å². The molecule has 1 nitrogen and oxygen atoms in total. The average Bonchev–Trinajstić information content (AvgIpc) is 2.78. The van der Waals surface area contributed by atoms with E-state index >= 15 is 0 Å². The maximum atomic E-state index is 9.15. The van der Waals surface area contributed by atoms with Crippen LogP contribution >= 0.6 is 0 Å². The second-order valence-corrected chi connectivity index (χ2v) is 4.22. The molecule has 2 aliphatic rings. The number of rotatable bonds is 1. The molecule has 11 heavy (non-hydrogen) atoms. The summed E-state index contributed by atoms with van der Waals surface area (Å²) >= 11 is 0. The van der Waals surface area contributed by atoms with Gasteiger partial charge in [0.2, 0.25) is 0 Å². The van der Waals surface area contributed by atoms with Gasteiger partial charge < -0.3 is 0 Å². The van der Waals surface area contributed by atoms with Gasteiger partial charge in [-0.25, -0.2) is 0 Å². The van der Waals surface area contributed by atoms with Gasteiger partial charge in [0.15, 0.2) is 0 Å². The molecule has 0 aromatic heterocycles. The fourth-order valence-electron chi connectivity index (χ4n) is 2.67. The van der Waals surface area contributed by atoms with Gasteiger partial charge in [-0.1, -0.05) is 13.3 Å². The predicted octanol–water partition coefficient (Wildman–Crippen LogP) is 2.73. The average molecular weight is 149 g/mol. The normalized spacial score (nSPS) is 43.8. The summed E-state index contributed by atoms with van der Waals surface area (Å²) in [5, 5.41) is 9.15. The summed E-state index contributed by atoms with van der Waals surface area (Å²) in [7, 11) is 0. The highest BCUT2D eigenvalue weighted by Gasteiger charge is 2.51. The lowest BCUT2D eigenvalue weighted by atomic mass is 9.76. The van der Waals surface area contributed by atoms with Gasteiger partial charge in [-0.05, 0) is 37.5 Å². The van der Waals surface area contributed by atoms with Crippen molar-refractivity contribution in [3.05, 3.63) is 0 Å². The minimum atomic E-state index is 0.111. The lowest BCUT2D eigenvalue weighted by molar-refractivity contribution is 0.262. The van der Waals surface area contributed by atoms with Crippen LogP contribution in [0.4, 0.5) is 0 Å². The number of nitrogens with zero attached hydrogens (tertiary/aromatic N) is 1. The third-order valence-electron chi connectivity index (χ3n) is 3.62. The van der Waals surface area contributed by atoms with Crippen LogP contribution in [0.5, 0.6) is 0 Å². The Hall–Kier alpha value is -0.510. The van der Waals surface area contributed by atoms with E-state index < -0.39 is 0 Å². The van der Waals surface area contributed by atoms with E-state index in [0.29, 0.717) is 5.92 Å². The van der Waals surface area contributed by atoms with Crippen LogP contribution in [0, 0.1) is 28.6 Å². The summed E-state index contributed by atoms with van der Waals surface area (Å²) in [6.45, 7) is 2.26. The highest BCUT2D eigenvalue weighted by atomic mass is 14.6. The fraction of sp³-hybridized carbons (Fsp3) is 0.900. The fourth-order valence-corrected chi connectivity index (χ4v) is 2.67. The van der Waals surface area contributed by atoms with Gasteiger partial charge in [0.25, 0.3) is 0 Å². The van der Waals surface area contributed by atoms with Crippen LogP contribution in [0.15, 0.2) is 0 Å². The molecule has 0 aromatic carbocycles. The Labute approximate surface area is 68.4 Å². The van der Waals surface area contributed by atoms with E-state index in [-0.39, 0.29) is 5.41 Å². The zero-order valence-corrected chi connectivity index (χ0v) is 7.14. The first-order valence-corrected chi connectivity index (χ1v) is 4.71. The molecule has 1 heteroatoms. The Morgan fingerprint density at radius 3 is 2.45 bits per heavy atom. The first kappa shape index (κ1) is 7.16. The molecule has 0 aromatic rings. The molecule has 0 spiro atoms. The van der Waals surface area contributed by atoms with Crippen molar-refractivity contribution in [2.75, 3.05) is 0 Å². The van der Waals surface area contributed by atoms with Crippen molar-refractivity contribution in [3.63, 3.8) is 0 Å². The van der Waals surface area contributed by atoms with Gasteiger partial charge in [0.1, 0.15) is 0 Å². The monoisotopic (exact) mass is 149 g/mol. The summed E-state index contributed by atoms with van der Waals surface area (Å²) in [5.74, 6) is 1.44. The summed E-state index contributed by atoms with van der Waals surface area (Å²) in [4.78, 5) is 0. The number of hydrogen-bond donors (Lipinski definition) is 0. The van der Waals surface area contributed by atoms with Gasteiger partial charge in [-0.15, -0.1) is 0 Å². The first-order chi connectivity index (χ1) is 5.29. The van der Waals surface area contributed by atoms with Gasteiger partial charge in [-0.3, -0.25) is 0 Å².